The van der Waals surface area contributed by atoms with Gasteiger partial charge < -0.3 is 19.1 Å². The van der Waals surface area contributed by atoms with E-state index in [-0.39, 0.29) is 12.2 Å². The van der Waals surface area contributed by atoms with E-state index >= 15 is 0 Å². The molecule has 2 atom stereocenters. The molecule has 0 N–H and O–H groups in total. The summed E-state index contributed by atoms with van der Waals surface area (Å²) >= 11 is 0. The zero-order valence-corrected chi connectivity index (χ0v) is 11.8. The van der Waals surface area contributed by atoms with Gasteiger partial charge in [0.05, 0.1) is 19.3 Å². The van der Waals surface area contributed by atoms with E-state index in [1.54, 1.807) is 6.33 Å². The fraction of sp³-hybridized carbons (Fsp3) is 0.714. The Hall–Kier alpha value is -1.40. The molecule has 3 rings (SSSR count). The summed E-state index contributed by atoms with van der Waals surface area (Å²) in [5.41, 5.74) is 0. The van der Waals surface area contributed by atoms with E-state index in [1.165, 1.54) is 0 Å². The van der Waals surface area contributed by atoms with Crippen LogP contribution in [0.25, 0.3) is 0 Å². The van der Waals surface area contributed by atoms with E-state index < -0.39 is 0 Å². The third-order valence-electron chi connectivity index (χ3n) is 3.72. The molecule has 0 saturated carbocycles. The van der Waals surface area contributed by atoms with E-state index in [0.29, 0.717) is 19.1 Å². The summed E-state index contributed by atoms with van der Waals surface area (Å²) in [4.78, 5) is 10.7. The predicted octanol–water partition coefficient (Wildman–Crippen LogP) is 1.26. The molecule has 2 unspecified atom stereocenters. The highest BCUT2D eigenvalue weighted by atomic mass is 16.5. The molecular weight excluding hydrogens is 258 g/mol. The smallest absolute Gasteiger partial charge is 0.218 e. The molecule has 20 heavy (non-hydrogen) atoms. The Morgan fingerprint density at radius 1 is 1.30 bits per heavy atom. The molecule has 3 heterocycles. The van der Waals surface area contributed by atoms with Gasteiger partial charge in [-0.05, 0) is 19.8 Å². The maximum Gasteiger partial charge on any atom is 0.218 e. The molecule has 6 heteroatoms. The van der Waals surface area contributed by atoms with Gasteiger partial charge in [-0.3, -0.25) is 0 Å². The van der Waals surface area contributed by atoms with Gasteiger partial charge in [-0.1, -0.05) is 0 Å². The first-order valence-electron chi connectivity index (χ1n) is 7.30. The molecule has 1 aromatic heterocycles. The number of hydrogen-bond donors (Lipinski definition) is 0. The average molecular weight is 279 g/mol. The van der Waals surface area contributed by atoms with E-state index in [1.807, 2.05) is 13.0 Å². The van der Waals surface area contributed by atoms with Gasteiger partial charge >= 0.3 is 0 Å². The Kier molecular flexibility index (Phi) is 4.32. The summed E-state index contributed by atoms with van der Waals surface area (Å²) in [5.74, 6) is 1.52. The van der Waals surface area contributed by atoms with Crippen molar-refractivity contribution in [3.8, 4) is 5.88 Å². The molecule has 0 radical (unpaired) electrons. The van der Waals surface area contributed by atoms with Gasteiger partial charge in [0.1, 0.15) is 18.2 Å². The van der Waals surface area contributed by atoms with Crippen LogP contribution in [-0.4, -0.2) is 55.1 Å². The van der Waals surface area contributed by atoms with Crippen molar-refractivity contribution in [3.63, 3.8) is 0 Å². The number of ether oxygens (including phenoxy) is 3. The topological polar surface area (TPSA) is 56.7 Å². The predicted molar refractivity (Wildman–Crippen MR) is 74.1 cm³/mol. The number of morpholine rings is 1. The van der Waals surface area contributed by atoms with Crippen LogP contribution in [0.15, 0.2) is 12.4 Å². The van der Waals surface area contributed by atoms with E-state index in [9.17, 15) is 0 Å². The molecule has 0 aliphatic carbocycles. The van der Waals surface area contributed by atoms with Crippen molar-refractivity contribution < 1.29 is 14.2 Å². The fourth-order valence-electron chi connectivity index (χ4n) is 2.73. The van der Waals surface area contributed by atoms with Gasteiger partial charge in [0.25, 0.3) is 0 Å². The lowest BCUT2D eigenvalue weighted by Gasteiger charge is -2.36. The Labute approximate surface area is 119 Å². The highest BCUT2D eigenvalue weighted by Gasteiger charge is 2.31. The second-order valence-corrected chi connectivity index (χ2v) is 5.05. The molecule has 110 valence electrons. The van der Waals surface area contributed by atoms with Crippen LogP contribution in [0.5, 0.6) is 5.88 Å². The third-order valence-corrected chi connectivity index (χ3v) is 3.72. The largest absolute Gasteiger partial charge is 0.478 e. The number of anilines is 1. The summed E-state index contributed by atoms with van der Waals surface area (Å²) in [6.45, 7) is 5.77. The molecule has 0 aromatic carbocycles. The number of hydrogen-bond acceptors (Lipinski definition) is 6. The standard InChI is InChI=1S/C14H21N3O3/c1-2-18-14-8-13(15-10-16-14)17-5-7-20-12(9-17)11-4-3-6-19-11/h8,10-12H,2-7,9H2,1H3. The van der Waals surface area contributed by atoms with Crippen molar-refractivity contribution in [2.24, 2.45) is 0 Å². The van der Waals surface area contributed by atoms with Gasteiger partial charge in [-0.15, -0.1) is 0 Å². The molecule has 0 amide bonds. The number of aromatic nitrogens is 2. The molecule has 2 aliphatic heterocycles. The molecule has 2 saturated heterocycles. The summed E-state index contributed by atoms with van der Waals surface area (Å²) in [6.07, 6.45) is 4.14. The lowest BCUT2D eigenvalue weighted by Crippen LogP contribution is -2.48. The van der Waals surface area contributed by atoms with Crippen molar-refractivity contribution in [1.29, 1.82) is 0 Å². The van der Waals surface area contributed by atoms with E-state index in [2.05, 4.69) is 14.9 Å². The minimum atomic E-state index is 0.136. The van der Waals surface area contributed by atoms with Gasteiger partial charge in [0.2, 0.25) is 5.88 Å². The van der Waals surface area contributed by atoms with Gasteiger partial charge in [-0.2, -0.15) is 0 Å². The lowest BCUT2D eigenvalue weighted by molar-refractivity contribution is -0.0544. The minimum absolute atomic E-state index is 0.136. The van der Waals surface area contributed by atoms with Gasteiger partial charge in [0, 0.05) is 25.8 Å². The van der Waals surface area contributed by atoms with Crippen molar-refractivity contribution in [2.45, 2.75) is 32.0 Å². The zero-order valence-electron chi connectivity index (χ0n) is 11.8. The average Bonchev–Trinajstić information content (AvgIpc) is 3.02. The van der Waals surface area contributed by atoms with Crippen LogP contribution in [0, 0.1) is 0 Å². The molecule has 0 bridgehead atoms. The minimum Gasteiger partial charge on any atom is -0.478 e. The van der Waals surface area contributed by atoms with Gasteiger partial charge in [0.15, 0.2) is 0 Å². The quantitative estimate of drug-likeness (QED) is 0.827. The Bertz CT molecular complexity index is 437. The highest BCUT2D eigenvalue weighted by molar-refractivity contribution is 5.41. The van der Waals surface area contributed by atoms with Crippen LogP contribution in [0.4, 0.5) is 5.82 Å². The van der Waals surface area contributed by atoms with Crippen molar-refractivity contribution in [2.75, 3.05) is 37.8 Å². The van der Waals surface area contributed by atoms with Crippen LogP contribution in [0.2, 0.25) is 0 Å². The summed E-state index contributed by atoms with van der Waals surface area (Å²) in [5, 5.41) is 0. The number of rotatable bonds is 4. The molecular formula is C14H21N3O3. The SMILES string of the molecule is CCOc1cc(N2CCOC(C3CCCO3)C2)ncn1. The molecule has 2 fully saturated rings. The summed E-state index contributed by atoms with van der Waals surface area (Å²) in [6, 6.07) is 1.89. The van der Waals surface area contributed by atoms with E-state index in [0.717, 1.165) is 38.4 Å². The van der Waals surface area contributed by atoms with Crippen molar-refractivity contribution in [3.05, 3.63) is 12.4 Å². The lowest BCUT2D eigenvalue weighted by atomic mass is 10.1. The van der Waals surface area contributed by atoms with Crippen LogP contribution in [0.3, 0.4) is 0 Å². The first kappa shape index (κ1) is 13.6. The molecule has 6 nitrogen and oxygen atoms in total. The van der Waals surface area contributed by atoms with E-state index in [4.69, 9.17) is 14.2 Å². The second kappa shape index (κ2) is 6.37. The molecule has 2 aliphatic rings. The second-order valence-electron chi connectivity index (χ2n) is 5.05. The van der Waals surface area contributed by atoms with Crippen LogP contribution < -0.4 is 9.64 Å². The Morgan fingerprint density at radius 2 is 2.20 bits per heavy atom. The number of nitrogens with zero attached hydrogens (tertiary/aromatic N) is 3. The van der Waals surface area contributed by atoms with Crippen LogP contribution >= 0.6 is 0 Å². The molecule has 0 spiro atoms. The summed E-state index contributed by atoms with van der Waals surface area (Å²) in [7, 11) is 0. The first-order chi connectivity index (χ1) is 9.86. The first-order valence-corrected chi connectivity index (χ1v) is 7.30. The molecule has 1 aromatic rings. The Morgan fingerprint density at radius 3 is 3.00 bits per heavy atom. The Balaban J connectivity index is 1.68. The highest BCUT2D eigenvalue weighted by Crippen LogP contribution is 2.24. The normalized spacial score (nSPS) is 26.8. The third kappa shape index (κ3) is 3.02. The zero-order chi connectivity index (χ0) is 13.8. The van der Waals surface area contributed by atoms with Gasteiger partial charge in [-0.25, -0.2) is 9.97 Å². The van der Waals surface area contributed by atoms with Crippen LogP contribution in [-0.2, 0) is 9.47 Å². The van der Waals surface area contributed by atoms with Crippen LogP contribution in [0.1, 0.15) is 19.8 Å². The monoisotopic (exact) mass is 279 g/mol. The maximum absolute atomic E-state index is 5.85. The summed E-state index contributed by atoms with van der Waals surface area (Å²) < 4.78 is 17.0. The van der Waals surface area contributed by atoms with Crippen molar-refractivity contribution in [1.82, 2.24) is 9.97 Å². The fourth-order valence-corrected chi connectivity index (χ4v) is 2.73. The van der Waals surface area contributed by atoms with Crippen molar-refractivity contribution >= 4 is 5.82 Å². The maximum atomic E-state index is 5.85.